The van der Waals surface area contributed by atoms with Gasteiger partial charge in [0.05, 0.1) is 27.8 Å². The molecule has 3 aromatic carbocycles. The van der Waals surface area contributed by atoms with Crippen LogP contribution in [0, 0.1) is 6.92 Å². The van der Waals surface area contributed by atoms with E-state index in [0.29, 0.717) is 21.8 Å². The van der Waals surface area contributed by atoms with Crippen molar-refractivity contribution in [2.24, 2.45) is 0 Å². The summed E-state index contributed by atoms with van der Waals surface area (Å²) in [5, 5.41) is 3.07. The summed E-state index contributed by atoms with van der Waals surface area (Å²) in [5.74, 6) is -1.15. The lowest BCUT2D eigenvalue weighted by Crippen LogP contribution is -2.38. The van der Waals surface area contributed by atoms with Crippen LogP contribution < -0.4 is 9.62 Å². The van der Waals surface area contributed by atoms with E-state index in [9.17, 15) is 18.0 Å². The van der Waals surface area contributed by atoms with Crippen LogP contribution in [-0.4, -0.2) is 33.4 Å². The molecule has 1 amide bonds. The number of amides is 1. The molecule has 0 unspecified atom stereocenters. The number of hydrogen-bond donors (Lipinski definition) is 1. The number of ether oxygens (including phenoxy) is 1. The van der Waals surface area contributed by atoms with E-state index in [1.54, 1.807) is 50.2 Å². The van der Waals surface area contributed by atoms with E-state index in [4.69, 9.17) is 27.9 Å². The molecule has 0 spiro atoms. The van der Waals surface area contributed by atoms with Gasteiger partial charge in [0, 0.05) is 10.7 Å². The minimum absolute atomic E-state index is 0.00527. The molecule has 0 heterocycles. The fourth-order valence-electron chi connectivity index (χ4n) is 3.22. The molecule has 178 valence electrons. The molecular formula is C24H22Cl2N2O5S. The lowest BCUT2D eigenvalue weighted by atomic mass is 10.1. The van der Waals surface area contributed by atoms with Crippen LogP contribution in [0.25, 0.3) is 0 Å². The molecule has 0 saturated heterocycles. The van der Waals surface area contributed by atoms with Crippen LogP contribution >= 0.6 is 23.2 Å². The fraction of sp³-hybridized carbons (Fsp3) is 0.167. The molecule has 0 bridgehead atoms. The Hall–Kier alpha value is -3.07. The van der Waals surface area contributed by atoms with Crippen molar-refractivity contribution in [3.05, 3.63) is 87.9 Å². The van der Waals surface area contributed by atoms with Crippen molar-refractivity contribution < 1.29 is 22.7 Å². The first-order valence-electron chi connectivity index (χ1n) is 10.2. The Morgan fingerprint density at radius 3 is 2.35 bits per heavy atom. The average Bonchev–Trinajstić information content (AvgIpc) is 2.80. The number of carbonyl (C=O) groups excluding carboxylic acids is 2. The standard InChI is InChI=1S/C24H22Cl2N2O5S/c1-3-33-24(30)19-10-7-11-21(16(19)2)27-23(29)15-28(22-13-12-17(25)14-20(22)26)34(31,32)18-8-5-4-6-9-18/h4-14H,3,15H2,1-2H3,(H,27,29). The molecule has 0 radical (unpaired) electrons. The highest BCUT2D eigenvalue weighted by Crippen LogP contribution is 2.32. The maximum absolute atomic E-state index is 13.4. The van der Waals surface area contributed by atoms with Crippen LogP contribution in [0.15, 0.2) is 71.6 Å². The third kappa shape index (κ3) is 5.70. The van der Waals surface area contributed by atoms with Gasteiger partial charge in [-0.1, -0.05) is 47.5 Å². The number of sulfonamides is 1. The van der Waals surface area contributed by atoms with E-state index >= 15 is 0 Å². The van der Waals surface area contributed by atoms with E-state index < -0.39 is 28.4 Å². The highest BCUT2D eigenvalue weighted by Gasteiger charge is 2.29. The fourth-order valence-corrected chi connectivity index (χ4v) is 5.25. The zero-order chi connectivity index (χ0) is 24.9. The predicted octanol–water partition coefficient (Wildman–Crippen LogP) is 5.31. The third-order valence-corrected chi connectivity index (χ3v) is 7.21. The quantitative estimate of drug-likeness (QED) is 0.406. The summed E-state index contributed by atoms with van der Waals surface area (Å²) in [6, 6.07) is 16.8. The van der Waals surface area contributed by atoms with E-state index in [0.717, 1.165) is 4.31 Å². The zero-order valence-corrected chi connectivity index (χ0v) is 20.7. The Kier molecular flexibility index (Phi) is 8.19. The van der Waals surface area contributed by atoms with Crippen LogP contribution in [0.2, 0.25) is 10.0 Å². The summed E-state index contributed by atoms with van der Waals surface area (Å²) in [6.07, 6.45) is 0. The normalized spacial score (nSPS) is 11.1. The van der Waals surface area contributed by atoms with Gasteiger partial charge in [-0.05, 0) is 61.9 Å². The second-order valence-corrected chi connectivity index (χ2v) is 9.87. The molecule has 1 N–H and O–H groups in total. The van der Waals surface area contributed by atoms with Crippen molar-refractivity contribution in [1.29, 1.82) is 0 Å². The Labute approximate surface area is 208 Å². The maximum atomic E-state index is 13.4. The number of hydrogen-bond acceptors (Lipinski definition) is 5. The van der Waals surface area contributed by atoms with Crippen molar-refractivity contribution in [1.82, 2.24) is 0 Å². The molecule has 34 heavy (non-hydrogen) atoms. The molecule has 3 aromatic rings. The van der Waals surface area contributed by atoms with Crippen molar-refractivity contribution in [3.8, 4) is 0 Å². The van der Waals surface area contributed by atoms with Crippen LogP contribution in [0.4, 0.5) is 11.4 Å². The number of anilines is 2. The Bertz CT molecular complexity index is 1310. The predicted molar refractivity (Wildman–Crippen MR) is 133 cm³/mol. The number of esters is 1. The Morgan fingerprint density at radius 1 is 1.00 bits per heavy atom. The van der Waals surface area contributed by atoms with Gasteiger partial charge in [0.25, 0.3) is 10.0 Å². The lowest BCUT2D eigenvalue weighted by Gasteiger charge is -2.25. The minimum atomic E-state index is -4.15. The summed E-state index contributed by atoms with van der Waals surface area (Å²) in [4.78, 5) is 25.2. The van der Waals surface area contributed by atoms with Crippen molar-refractivity contribution >= 4 is 56.5 Å². The summed E-state index contributed by atoms with van der Waals surface area (Å²) in [5.41, 5.74) is 1.25. The zero-order valence-electron chi connectivity index (χ0n) is 18.4. The monoisotopic (exact) mass is 520 g/mol. The first-order valence-corrected chi connectivity index (χ1v) is 12.4. The van der Waals surface area contributed by atoms with E-state index in [2.05, 4.69) is 5.32 Å². The number of nitrogens with one attached hydrogen (secondary N) is 1. The molecular weight excluding hydrogens is 499 g/mol. The third-order valence-electron chi connectivity index (χ3n) is 4.90. The molecule has 0 saturated carbocycles. The summed E-state index contributed by atoms with van der Waals surface area (Å²) in [6.45, 7) is 3.00. The molecule has 0 fully saturated rings. The van der Waals surface area contributed by atoms with Gasteiger partial charge in [0.2, 0.25) is 5.91 Å². The molecule has 0 aliphatic heterocycles. The lowest BCUT2D eigenvalue weighted by molar-refractivity contribution is -0.114. The van der Waals surface area contributed by atoms with E-state index in [1.165, 1.54) is 30.3 Å². The van der Waals surface area contributed by atoms with Crippen molar-refractivity contribution in [2.75, 3.05) is 22.8 Å². The summed E-state index contributed by atoms with van der Waals surface area (Å²) >= 11 is 12.3. The first-order chi connectivity index (χ1) is 16.1. The molecule has 0 aliphatic rings. The molecule has 3 rings (SSSR count). The van der Waals surface area contributed by atoms with Gasteiger partial charge in [-0.15, -0.1) is 0 Å². The Morgan fingerprint density at radius 2 is 1.71 bits per heavy atom. The van der Waals surface area contributed by atoms with Crippen LogP contribution in [0.3, 0.4) is 0 Å². The number of benzene rings is 3. The number of nitrogens with zero attached hydrogens (tertiary/aromatic N) is 1. The maximum Gasteiger partial charge on any atom is 0.338 e. The average molecular weight is 521 g/mol. The summed E-state index contributed by atoms with van der Waals surface area (Å²) < 4.78 is 32.8. The number of carbonyl (C=O) groups is 2. The van der Waals surface area contributed by atoms with Gasteiger partial charge in [-0.25, -0.2) is 13.2 Å². The first kappa shape index (κ1) is 25.6. The van der Waals surface area contributed by atoms with Gasteiger partial charge in [-0.3, -0.25) is 9.10 Å². The van der Waals surface area contributed by atoms with Crippen molar-refractivity contribution in [3.63, 3.8) is 0 Å². The van der Waals surface area contributed by atoms with Gasteiger partial charge in [-0.2, -0.15) is 0 Å². The summed E-state index contributed by atoms with van der Waals surface area (Å²) in [7, 11) is -4.15. The topological polar surface area (TPSA) is 92.8 Å². The van der Waals surface area contributed by atoms with E-state index in [1.807, 2.05) is 0 Å². The SMILES string of the molecule is CCOC(=O)c1cccc(NC(=O)CN(c2ccc(Cl)cc2Cl)S(=O)(=O)c2ccccc2)c1C. The smallest absolute Gasteiger partial charge is 0.338 e. The van der Waals surface area contributed by atoms with Crippen LogP contribution in [0.1, 0.15) is 22.8 Å². The minimum Gasteiger partial charge on any atom is -0.462 e. The van der Waals surface area contributed by atoms with E-state index in [-0.39, 0.29) is 22.2 Å². The van der Waals surface area contributed by atoms with Gasteiger partial charge in [0.15, 0.2) is 0 Å². The Balaban J connectivity index is 1.96. The second-order valence-electron chi connectivity index (χ2n) is 7.17. The molecule has 10 heteroatoms. The highest BCUT2D eigenvalue weighted by atomic mass is 35.5. The van der Waals surface area contributed by atoms with Gasteiger partial charge < -0.3 is 10.1 Å². The molecule has 0 aromatic heterocycles. The van der Waals surface area contributed by atoms with Crippen molar-refractivity contribution in [2.45, 2.75) is 18.7 Å². The largest absolute Gasteiger partial charge is 0.462 e. The van der Waals surface area contributed by atoms with Crippen LogP contribution in [-0.2, 0) is 19.6 Å². The molecule has 7 nitrogen and oxygen atoms in total. The van der Waals surface area contributed by atoms with Gasteiger partial charge in [0.1, 0.15) is 6.54 Å². The number of rotatable bonds is 8. The van der Waals surface area contributed by atoms with Crippen LogP contribution in [0.5, 0.6) is 0 Å². The molecule has 0 atom stereocenters. The molecule has 0 aliphatic carbocycles. The highest BCUT2D eigenvalue weighted by molar-refractivity contribution is 7.92. The second kappa shape index (κ2) is 10.9. The number of halogens is 2. The van der Waals surface area contributed by atoms with Gasteiger partial charge >= 0.3 is 5.97 Å².